The lowest BCUT2D eigenvalue weighted by molar-refractivity contribution is -0.385. The molecule has 0 heterocycles. The van der Waals surface area contributed by atoms with E-state index in [0.29, 0.717) is 12.1 Å². The van der Waals surface area contributed by atoms with Gasteiger partial charge in [0.25, 0.3) is 5.69 Å². The van der Waals surface area contributed by atoms with Crippen LogP contribution in [0.4, 0.5) is 10.1 Å². The third kappa shape index (κ3) is 7.20. The van der Waals surface area contributed by atoms with E-state index in [1.54, 1.807) is 24.3 Å². The summed E-state index contributed by atoms with van der Waals surface area (Å²) in [6.07, 6.45) is 0.747. The van der Waals surface area contributed by atoms with Gasteiger partial charge in [0.05, 0.1) is 11.3 Å². The number of para-hydroxylation sites is 1. The monoisotopic (exact) mass is 477 g/mol. The van der Waals surface area contributed by atoms with E-state index in [1.807, 2.05) is 37.3 Å². The van der Waals surface area contributed by atoms with E-state index in [0.717, 1.165) is 12.0 Å². The largest absolute Gasteiger partial charge is 0.354 e. The Kier molecular flexibility index (Phi) is 9.06. The summed E-state index contributed by atoms with van der Waals surface area (Å²) in [6, 6.07) is 20.2. The van der Waals surface area contributed by atoms with Gasteiger partial charge in [0.15, 0.2) is 0 Å². The van der Waals surface area contributed by atoms with Crippen molar-refractivity contribution in [1.82, 2.24) is 10.2 Å². The number of amides is 2. The average Bonchev–Trinajstić information content (AvgIpc) is 2.86. The van der Waals surface area contributed by atoms with Gasteiger partial charge in [-0.25, -0.2) is 4.39 Å². The smallest absolute Gasteiger partial charge is 0.273 e. The summed E-state index contributed by atoms with van der Waals surface area (Å²) in [5.74, 6) is -1.15. The van der Waals surface area contributed by atoms with Gasteiger partial charge in [0.1, 0.15) is 11.9 Å². The molecule has 0 unspecified atom stereocenters. The molecule has 0 aliphatic heterocycles. The Morgan fingerprint density at radius 2 is 1.63 bits per heavy atom. The first-order valence-corrected chi connectivity index (χ1v) is 11.5. The summed E-state index contributed by atoms with van der Waals surface area (Å²) in [7, 11) is 0. The van der Waals surface area contributed by atoms with E-state index >= 15 is 0 Å². The molecule has 3 aromatic rings. The summed E-state index contributed by atoms with van der Waals surface area (Å²) < 4.78 is 13.5. The SMILES string of the molecule is CCCNC(=O)[C@@H](Cc1ccccc1)N(Cc1ccc(F)cc1)C(=O)Cc1ccccc1[N+](=O)[O-]. The molecular formula is C27H28FN3O4. The third-order valence-corrected chi connectivity index (χ3v) is 5.62. The second kappa shape index (κ2) is 12.4. The van der Waals surface area contributed by atoms with Crippen molar-refractivity contribution in [3.8, 4) is 0 Å². The van der Waals surface area contributed by atoms with Crippen molar-refractivity contribution >= 4 is 17.5 Å². The van der Waals surface area contributed by atoms with E-state index in [2.05, 4.69) is 5.32 Å². The maximum atomic E-state index is 13.6. The molecule has 0 aliphatic carbocycles. The first kappa shape index (κ1) is 25.6. The number of rotatable bonds is 11. The predicted molar refractivity (Wildman–Crippen MR) is 131 cm³/mol. The van der Waals surface area contributed by atoms with Gasteiger partial charge in [-0.15, -0.1) is 0 Å². The highest BCUT2D eigenvalue weighted by Crippen LogP contribution is 2.21. The molecule has 3 rings (SSSR count). The highest BCUT2D eigenvalue weighted by Gasteiger charge is 2.31. The lowest BCUT2D eigenvalue weighted by atomic mass is 10.0. The molecular weight excluding hydrogens is 449 g/mol. The molecule has 0 saturated carbocycles. The van der Waals surface area contributed by atoms with Gasteiger partial charge in [-0.1, -0.05) is 67.6 Å². The summed E-state index contributed by atoms with van der Waals surface area (Å²) in [5, 5.41) is 14.4. The van der Waals surface area contributed by atoms with Gasteiger partial charge in [-0.2, -0.15) is 0 Å². The summed E-state index contributed by atoms with van der Waals surface area (Å²) in [6.45, 7) is 2.44. The van der Waals surface area contributed by atoms with Crippen molar-refractivity contribution in [1.29, 1.82) is 0 Å². The van der Waals surface area contributed by atoms with Crippen molar-refractivity contribution in [2.24, 2.45) is 0 Å². The summed E-state index contributed by atoms with van der Waals surface area (Å²) in [5.41, 5.74) is 1.62. The lowest BCUT2D eigenvalue weighted by Crippen LogP contribution is -2.51. The molecule has 182 valence electrons. The topological polar surface area (TPSA) is 92.6 Å². The first-order chi connectivity index (χ1) is 16.9. The first-order valence-electron chi connectivity index (χ1n) is 11.5. The lowest BCUT2D eigenvalue weighted by Gasteiger charge is -2.31. The number of carbonyl (C=O) groups is 2. The number of carbonyl (C=O) groups excluding carboxylic acids is 2. The number of hydrogen-bond acceptors (Lipinski definition) is 4. The maximum absolute atomic E-state index is 13.6. The fourth-order valence-electron chi connectivity index (χ4n) is 3.81. The van der Waals surface area contributed by atoms with Crippen molar-refractivity contribution < 1.29 is 18.9 Å². The van der Waals surface area contributed by atoms with Gasteiger partial charge in [-0.05, 0) is 29.7 Å². The predicted octanol–water partition coefficient (Wildman–Crippen LogP) is 4.44. The van der Waals surface area contributed by atoms with Crippen LogP contribution in [-0.2, 0) is 29.0 Å². The Hall–Kier alpha value is -4.07. The molecule has 3 aromatic carbocycles. The van der Waals surface area contributed by atoms with Crippen LogP contribution in [0.2, 0.25) is 0 Å². The molecule has 8 heteroatoms. The molecule has 0 bridgehead atoms. The molecule has 0 saturated heterocycles. The van der Waals surface area contributed by atoms with Gasteiger partial charge in [0, 0.05) is 31.1 Å². The van der Waals surface area contributed by atoms with Crippen LogP contribution in [0.15, 0.2) is 78.9 Å². The van der Waals surface area contributed by atoms with Crippen LogP contribution < -0.4 is 5.32 Å². The van der Waals surface area contributed by atoms with Gasteiger partial charge in [0.2, 0.25) is 11.8 Å². The van der Waals surface area contributed by atoms with Crippen LogP contribution >= 0.6 is 0 Å². The molecule has 1 N–H and O–H groups in total. The Morgan fingerprint density at radius 3 is 2.29 bits per heavy atom. The van der Waals surface area contributed by atoms with Crippen LogP contribution in [0.5, 0.6) is 0 Å². The van der Waals surface area contributed by atoms with E-state index in [9.17, 15) is 24.1 Å². The Bertz CT molecular complexity index is 1150. The van der Waals surface area contributed by atoms with Crippen LogP contribution in [0.25, 0.3) is 0 Å². The van der Waals surface area contributed by atoms with Crippen molar-refractivity contribution in [3.63, 3.8) is 0 Å². The van der Waals surface area contributed by atoms with Gasteiger partial charge >= 0.3 is 0 Å². The van der Waals surface area contributed by atoms with E-state index in [-0.39, 0.29) is 36.5 Å². The molecule has 7 nitrogen and oxygen atoms in total. The average molecular weight is 478 g/mol. The quantitative estimate of drug-likeness (QED) is 0.326. The van der Waals surface area contributed by atoms with Crippen LogP contribution in [0.3, 0.4) is 0 Å². The highest BCUT2D eigenvalue weighted by atomic mass is 19.1. The van der Waals surface area contributed by atoms with E-state index < -0.39 is 22.7 Å². The molecule has 0 fully saturated rings. The number of nitrogens with zero attached hydrogens (tertiary/aromatic N) is 2. The Labute approximate surface area is 203 Å². The van der Waals surface area contributed by atoms with E-state index in [1.165, 1.54) is 29.2 Å². The second-order valence-electron chi connectivity index (χ2n) is 8.21. The van der Waals surface area contributed by atoms with Crippen LogP contribution in [0, 0.1) is 15.9 Å². The Morgan fingerprint density at radius 1 is 0.971 bits per heavy atom. The minimum atomic E-state index is -0.857. The fourth-order valence-corrected chi connectivity index (χ4v) is 3.81. The second-order valence-corrected chi connectivity index (χ2v) is 8.21. The third-order valence-electron chi connectivity index (χ3n) is 5.62. The van der Waals surface area contributed by atoms with Crippen LogP contribution in [0.1, 0.15) is 30.0 Å². The normalized spacial score (nSPS) is 11.5. The fraction of sp³-hybridized carbons (Fsp3) is 0.259. The molecule has 0 spiro atoms. The zero-order valence-corrected chi connectivity index (χ0v) is 19.5. The zero-order chi connectivity index (χ0) is 25.2. The number of nitro groups is 1. The molecule has 0 aliphatic rings. The van der Waals surface area contributed by atoms with E-state index in [4.69, 9.17) is 0 Å². The zero-order valence-electron chi connectivity index (χ0n) is 19.5. The van der Waals surface area contributed by atoms with Crippen molar-refractivity contribution in [2.75, 3.05) is 6.54 Å². The number of halogens is 1. The maximum Gasteiger partial charge on any atom is 0.273 e. The number of nitro benzene ring substituents is 1. The number of benzene rings is 3. The molecule has 35 heavy (non-hydrogen) atoms. The standard InChI is InChI=1S/C27H28FN3O4/c1-2-16-29-27(33)25(17-20-8-4-3-5-9-20)30(19-21-12-14-23(28)15-13-21)26(32)18-22-10-6-7-11-24(22)31(34)35/h3-15,25H,2,16-19H2,1H3,(H,29,33)/t25-/m1/s1. The summed E-state index contributed by atoms with van der Waals surface area (Å²) in [4.78, 5) is 39.3. The van der Waals surface area contributed by atoms with Gasteiger partial charge < -0.3 is 10.2 Å². The van der Waals surface area contributed by atoms with Gasteiger partial charge in [-0.3, -0.25) is 19.7 Å². The highest BCUT2D eigenvalue weighted by molar-refractivity contribution is 5.89. The molecule has 1 atom stereocenters. The van der Waals surface area contributed by atoms with Crippen molar-refractivity contribution in [2.45, 2.75) is 38.8 Å². The molecule has 2 amide bonds. The number of hydrogen-bond donors (Lipinski definition) is 1. The minimum Gasteiger partial charge on any atom is -0.354 e. The molecule has 0 radical (unpaired) electrons. The molecule has 0 aromatic heterocycles. The summed E-state index contributed by atoms with van der Waals surface area (Å²) >= 11 is 0. The number of nitrogens with one attached hydrogen (secondary N) is 1. The minimum absolute atomic E-state index is 0.0524. The van der Waals surface area contributed by atoms with Crippen LogP contribution in [-0.4, -0.2) is 34.2 Å². The van der Waals surface area contributed by atoms with Crippen molar-refractivity contribution in [3.05, 3.63) is 111 Å². The Balaban J connectivity index is 1.99.